The number of aliphatic hydroxyl groups excluding tert-OH is 1. The molecule has 0 saturated carbocycles. The molecule has 0 unspecified atom stereocenters. The summed E-state index contributed by atoms with van der Waals surface area (Å²) in [6, 6.07) is 0. The topological polar surface area (TPSA) is 54.4 Å². The molecule has 15 heavy (non-hydrogen) atoms. The number of aliphatic hydroxyl groups is 1. The molecular weight excluding hydrogens is 192 g/mol. The Labute approximate surface area is 90.2 Å². The first-order valence-electron chi connectivity index (χ1n) is 5.59. The number of ketones is 2. The van der Waals surface area contributed by atoms with Crippen molar-refractivity contribution < 1.29 is 14.7 Å². The van der Waals surface area contributed by atoms with Gasteiger partial charge in [0.25, 0.3) is 0 Å². The third-order valence-electron chi connectivity index (χ3n) is 2.64. The van der Waals surface area contributed by atoms with E-state index in [0.717, 1.165) is 12.8 Å². The van der Waals surface area contributed by atoms with Crippen LogP contribution in [0, 0.1) is 0 Å². The monoisotopic (exact) mass is 210 g/mol. The van der Waals surface area contributed by atoms with Gasteiger partial charge in [0, 0.05) is 12.8 Å². The molecule has 0 amide bonds. The molecule has 0 aliphatic heterocycles. The van der Waals surface area contributed by atoms with Crippen molar-refractivity contribution in [3.63, 3.8) is 0 Å². The molecule has 0 aromatic carbocycles. The van der Waals surface area contributed by atoms with Gasteiger partial charge < -0.3 is 5.11 Å². The van der Waals surface area contributed by atoms with E-state index >= 15 is 0 Å². The van der Waals surface area contributed by atoms with E-state index in [2.05, 4.69) is 0 Å². The minimum atomic E-state index is -1.08. The summed E-state index contributed by atoms with van der Waals surface area (Å²) in [5.74, 6) is -0.0797. The van der Waals surface area contributed by atoms with Gasteiger partial charge in [0.2, 0.25) is 0 Å². The highest BCUT2D eigenvalue weighted by Crippen LogP contribution is 2.16. The lowest BCUT2D eigenvalue weighted by Crippen LogP contribution is -2.18. The number of hydrogen-bond acceptors (Lipinski definition) is 3. The van der Waals surface area contributed by atoms with E-state index in [9.17, 15) is 14.7 Å². The molecule has 0 spiro atoms. The number of carbonyl (C=O) groups is 2. The molecular formula is C12H18O3. The molecule has 3 heteroatoms. The summed E-state index contributed by atoms with van der Waals surface area (Å²) >= 11 is 0. The molecule has 0 aromatic rings. The van der Waals surface area contributed by atoms with Crippen molar-refractivity contribution in [3.05, 3.63) is 11.6 Å². The summed E-state index contributed by atoms with van der Waals surface area (Å²) < 4.78 is 0. The molecule has 1 aliphatic rings. The fraction of sp³-hybridized carbons (Fsp3) is 0.667. The Morgan fingerprint density at radius 1 is 1.33 bits per heavy atom. The smallest absolute Gasteiger partial charge is 0.165 e. The van der Waals surface area contributed by atoms with Crippen LogP contribution in [0.2, 0.25) is 0 Å². The van der Waals surface area contributed by atoms with Gasteiger partial charge in [0.15, 0.2) is 11.6 Å². The third-order valence-corrected chi connectivity index (χ3v) is 2.64. The first-order valence-corrected chi connectivity index (χ1v) is 5.59. The lowest BCUT2D eigenvalue weighted by Gasteiger charge is -2.06. The van der Waals surface area contributed by atoms with Gasteiger partial charge in [-0.15, -0.1) is 0 Å². The van der Waals surface area contributed by atoms with E-state index in [-0.39, 0.29) is 11.6 Å². The molecule has 0 bridgehead atoms. The van der Waals surface area contributed by atoms with Crippen LogP contribution in [0.25, 0.3) is 0 Å². The summed E-state index contributed by atoms with van der Waals surface area (Å²) in [6.07, 6.45) is 4.22. The number of carbonyl (C=O) groups excluding carboxylic acids is 2. The molecule has 0 fully saturated rings. The van der Waals surface area contributed by atoms with Gasteiger partial charge in [-0.05, 0) is 30.9 Å². The third kappa shape index (κ3) is 3.59. The number of hydrogen-bond donors (Lipinski definition) is 1. The van der Waals surface area contributed by atoms with E-state index in [1.807, 2.05) is 6.92 Å². The van der Waals surface area contributed by atoms with Crippen molar-refractivity contribution >= 4 is 11.6 Å². The fourth-order valence-electron chi connectivity index (χ4n) is 1.76. The molecule has 1 N–H and O–H groups in total. The van der Waals surface area contributed by atoms with E-state index < -0.39 is 6.10 Å². The van der Waals surface area contributed by atoms with E-state index in [1.54, 1.807) is 0 Å². The van der Waals surface area contributed by atoms with Crippen molar-refractivity contribution in [2.24, 2.45) is 0 Å². The fourth-order valence-corrected chi connectivity index (χ4v) is 1.76. The van der Waals surface area contributed by atoms with Gasteiger partial charge in [-0.1, -0.05) is 13.3 Å². The van der Waals surface area contributed by atoms with Crippen molar-refractivity contribution in [1.82, 2.24) is 0 Å². The Balaban J connectivity index is 2.83. The van der Waals surface area contributed by atoms with Gasteiger partial charge in [0.05, 0.1) is 0 Å². The normalized spacial score (nSPS) is 24.1. The maximum atomic E-state index is 11.7. The summed E-state index contributed by atoms with van der Waals surface area (Å²) in [5.41, 5.74) is 0.625. The van der Waals surface area contributed by atoms with Crippen LogP contribution in [0.15, 0.2) is 11.6 Å². The van der Waals surface area contributed by atoms with Crippen LogP contribution in [0.1, 0.15) is 45.4 Å². The molecule has 84 valence electrons. The molecule has 1 rings (SSSR count). The zero-order valence-corrected chi connectivity index (χ0v) is 9.16. The highest BCUT2D eigenvalue weighted by molar-refractivity contribution is 5.97. The number of allylic oxidation sites excluding steroid dienone is 1. The number of Topliss-reactive ketones (excluding diaryl/α,β-unsaturated/α-hetero) is 2. The lowest BCUT2D eigenvalue weighted by atomic mass is 10.0. The lowest BCUT2D eigenvalue weighted by molar-refractivity contribution is -0.125. The summed E-state index contributed by atoms with van der Waals surface area (Å²) in [7, 11) is 0. The molecule has 1 aliphatic carbocycles. The van der Waals surface area contributed by atoms with Gasteiger partial charge >= 0.3 is 0 Å². The Kier molecular flexibility index (Phi) is 4.69. The largest absolute Gasteiger partial charge is 0.381 e. The second-order valence-electron chi connectivity index (χ2n) is 3.98. The van der Waals surface area contributed by atoms with Crippen LogP contribution in [0.4, 0.5) is 0 Å². The highest BCUT2D eigenvalue weighted by Gasteiger charge is 2.18. The predicted octanol–water partition coefficient (Wildman–Crippen LogP) is 1.79. The molecule has 1 atom stereocenters. The average molecular weight is 210 g/mol. The second kappa shape index (κ2) is 5.81. The van der Waals surface area contributed by atoms with E-state index in [4.69, 9.17) is 0 Å². The van der Waals surface area contributed by atoms with Gasteiger partial charge in [-0.25, -0.2) is 0 Å². The Morgan fingerprint density at radius 3 is 2.67 bits per heavy atom. The molecule has 0 aromatic heterocycles. The molecule has 3 nitrogen and oxygen atoms in total. The van der Waals surface area contributed by atoms with Crippen molar-refractivity contribution in [2.75, 3.05) is 0 Å². The highest BCUT2D eigenvalue weighted by atomic mass is 16.3. The van der Waals surface area contributed by atoms with Crippen LogP contribution < -0.4 is 0 Å². The maximum absolute atomic E-state index is 11.7. The van der Waals surface area contributed by atoms with Gasteiger partial charge in [0.1, 0.15) is 6.10 Å². The van der Waals surface area contributed by atoms with Crippen molar-refractivity contribution in [1.29, 1.82) is 0 Å². The van der Waals surface area contributed by atoms with Crippen LogP contribution >= 0.6 is 0 Å². The summed E-state index contributed by atoms with van der Waals surface area (Å²) in [4.78, 5) is 23.0. The van der Waals surface area contributed by atoms with E-state index in [0.29, 0.717) is 31.3 Å². The van der Waals surface area contributed by atoms with Crippen molar-refractivity contribution in [2.45, 2.75) is 51.6 Å². The zero-order valence-electron chi connectivity index (χ0n) is 9.16. The summed E-state index contributed by atoms with van der Waals surface area (Å²) in [5, 5.41) is 9.54. The second-order valence-corrected chi connectivity index (χ2v) is 3.98. The average Bonchev–Trinajstić information content (AvgIpc) is 2.26. The number of rotatable bonds is 2. The Hall–Kier alpha value is -0.960. The SMILES string of the molecule is CCCC1=C[C@H](O)C(=O)CCCCC1=O. The first-order chi connectivity index (χ1) is 7.15. The first kappa shape index (κ1) is 12.1. The van der Waals surface area contributed by atoms with Crippen LogP contribution in [0.5, 0.6) is 0 Å². The minimum absolute atomic E-state index is 0.0885. The van der Waals surface area contributed by atoms with Crippen LogP contribution in [-0.2, 0) is 9.59 Å². The predicted molar refractivity (Wildman–Crippen MR) is 57.5 cm³/mol. The Bertz CT molecular complexity index is 279. The van der Waals surface area contributed by atoms with Gasteiger partial charge in [-0.2, -0.15) is 0 Å². The summed E-state index contributed by atoms with van der Waals surface area (Å²) in [6.45, 7) is 1.98. The van der Waals surface area contributed by atoms with Gasteiger partial charge in [-0.3, -0.25) is 9.59 Å². The Morgan fingerprint density at radius 2 is 2.00 bits per heavy atom. The maximum Gasteiger partial charge on any atom is 0.165 e. The van der Waals surface area contributed by atoms with Crippen molar-refractivity contribution in [3.8, 4) is 0 Å². The quantitative estimate of drug-likeness (QED) is 0.756. The molecule has 0 saturated heterocycles. The minimum Gasteiger partial charge on any atom is -0.381 e. The van der Waals surface area contributed by atoms with Crippen LogP contribution in [0.3, 0.4) is 0 Å². The zero-order chi connectivity index (χ0) is 11.3. The van der Waals surface area contributed by atoms with E-state index in [1.165, 1.54) is 6.08 Å². The molecule has 0 heterocycles. The van der Waals surface area contributed by atoms with Crippen LogP contribution in [-0.4, -0.2) is 22.8 Å². The standard InChI is InChI=1S/C12H18O3/c1-2-5-9-8-12(15)11(14)7-4-3-6-10(9)13/h8,12,15H,2-7H2,1H3/t12-/m0/s1. The molecule has 0 radical (unpaired) electrons.